The van der Waals surface area contributed by atoms with E-state index in [0.717, 1.165) is 6.54 Å². The van der Waals surface area contributed by atoms with Gasteiger partial charge in [0.25, 0.3) is 0 Å². The van der Waals surface area contributed by atoms with Crippen molar-refractivity contribution in [3.05, 3.63) is 0 Å². The van der Waals surface area contributed by atoms with Crippen LogP contribution in [0.5, 0.6) is 0 Å². The topological polar surface area (TPSA) is 20.3 Å². The van der Waals surface area contributed by atoms with Crippen LogP contribution in [0.2, 0.25) is 0 Å². The van der Waals surface area contributed by atoms with Crippen molar-refractivity contribution >= 4 is 5.91 Å². The number of hydrogen-bond acceptors (Lipinski definition) is 1. The molecule has 14 heavy (non-hydrogen) atoms. The van der Waals surface area contributed by atoms with Crippen molar-refractivity contribution in [1.29, 1.82) is 0 Å². The molecule has 0 N–H and O–H groups in total. The fourth-order valence-corrected chi connectivity index (χ4v) is 0.446. The molecule has 0 aromatic carbocycles. The third-order valence-electron chi connectivity index (χ3n) is 1.20. The second-order valence-electron chi connectivity index (χ2n) is 1.76. The number of amides is 1. The van der Waals surface area contributed by atoms with Crippen LogP contribution in [-0.2, 0) is 4.79 Å². The Morgan fingerprint density at radius 3 is 1.29 bits per heavy atom. The van der Waals surface area contributed by atoms with Gasteiger partial charge in [0.05, 0.1) is 0 Å². The first-order valence-corrected chi connectivity index (χ1v) is 5.96. The van der Waals surface area contributed by atoms with Crippen LogP contribution >= 0.6 is 0 Å². The molecule has 0 aliphatic carbocycles. The minimum Gasteiger partial charge on any atom is -0.346 e. The largest absolute Gasteiger partial charge is 0.346 e. The van der Waals surface area contributed by atoms with Crippen molar-refractivity contribution in [1.82, 2.24) is 4.90 Å². The van der Waals surface area contributed by atoms with Gasteiger partial charge in [-0.2, -0.15) is 0 Å². The number of carbonyl (C=O) groups is 1. The maximum Gasteiger partial charge on any atom is 0.222 e. The third kappa shape index (κ3) is 22.5. The summed E-state index contributed by atoms with van der Waals surface area (Å²) >= 11 is 0. The maximum atomic E-state index is 10.7. The Kier molecular flexibility index (Phi) is 49.0. The van der Waals surface area contributed by atoms with Gasteiger partial charge in [0, 0.05) is 20.0 Å². The molecule has 0 aliphatic heterocycles. The lowest BCUT2D eigenvalue weighted by Crippen LogP contribution is -2.24. The van der Waals surface area contributed by atoms with E-state index < -0.39 is 0 Å². The molecule has 0 aromatic rings. The summed E-state index contributed by atoms with van der Waals surface area (Å²) in [5.74, 6) is 0.215. The Morgan fingerprint density at radius 2 is 1.21 bits per heavy atom. The van der Waals surface area contributed by atoms with E-state index in [-0.39, 0.29) is 5.91 Å². The second-order valence-corrected chi connectivity index (χ2v) is 1.76. The molecular formula is C12H31NO. The van der Waals surface area contributed by atoms with Crippen molar-refractivity contribution in [2.24, 2.45) is 0 Å². The molecule has 0 aromatic heterocycles. The number of nitrogens with zero attached hydrogens (tertiary/aromatic N) is 1. The van der Waals surface area contributed by atoms with Crippen LogP contribution in [0.4, 0.5) is 0 Å². The molecule has 90 valence electrons. The zero-order valence-electron chi connectivity index (χ0n) is 11.8. The van der Waals surface area contributed by atoms with Gasteiger partial charge in [-0.1, -0.05) is 48.5 Å². The Balaban J connectivity index is -0.0000000708. The maximum absolute atomic E-state index is 10.7. The summed E-state index contributed by atoms with van der Waals surface area (Å²) in [6, 6.07) is 0. The van der Waals surface area contributed by atoms with Crippen molar-refractivity contribution in [2.75, 3.05) is 13.6 Å². The van der Waals surface area contributed by atoms with Gasteiger partial charge in [0.2, 0.25) is 5.91 Å². The Hall–Kier alpha value is -0.530. The molecule has 0 rings (SSSR count). The van der Waals surface area contributed by atoms with Crippen LogP contribution in [0.1, 0.15) is 61.8 Å². The minimum atomic E-state index is 0.215. The van der Waals surface area contributed by atoms with Gasteiger partial charge < -0.3 is 4.90 Å². The van der Waals surface area contributed by atoms with Crippen LogP contribution < -0.4 is 0 Å². The molecule has 0 heterocycles. The van der Waals surface area contributed by atoms with Gasteiger partial charge in [-0.3, -0.25) is 4.79 Å². The molecule has 1 amide bonds. The molecule has 0 spiro atoms. The molecule has 2 heteroatoms. The van der Waals surface area contributed by atoms with Crippen LogP contribution in [0.15, 0.2) is 0 Å². The molecule has 2 nitrogen and oxygen atoms in total. The molecule has 0 radical (unpaired) electrons. The zero-order valence-corrected chi connectivity index (χ0v) is 11.8. The summed E-state index contributed by atoms with van der Waals surface area (Å²) in [6.45, 7) is 16.6. The van der Waals surface area contributed by atoms with Crippen LogP contribution in [-0.4, -0.2) is 24.4 Å². The van der Waals surface area contributed by atoms with Crippen LogP contribution in [0.3, 0.4) is 0 Å². The molecule has 0 aliphatic rings. The summed E-state index contributed by atoms with van der Waals surface area (Å²) in [4.78, 5) is 12.4. The Bertz CT molecular complexity index is 82.4. The first kappa shape index (κ1) is 23.4. The molecule has 0 saturated heterocycles. The average molecular weight is 205 g/mol. The fourth-order valence-electron chi connectivity index (χ4n) is 0.446. The van der Waals surface area contributed by atoms with Crippen LogP contribution in [0.25, 0.3) is 0 Å². The van der Waals surface area contributed by atoms with E-state index in [9.17, 15) is 4.79 Å². The van der Waals surface area contributed by atoms with Crippen molar-refractivity contribution in [3.63, 3.8) is 0 Å². The molecule has 0 unspecified atom stereocenters. The number of carbonyl (C=O) groups excluding carboxylic acids is 1. The lowest BCUT2D eigenvalue weighted by Gasteiger charge is -2.11. The van der Waals surface area contributed by atoms with E-state index in [1.807, 2.05) is 62.4 Å². The van der Waals surface area contributed by atoms with E-state index in [2.05, 4.69) is 0 Å². The molecule has 0 fully saturated rings. The molecular weight excluding hydrogens is 174 g/mol. The third-order valence-corrected chi connectivity index (χ3v) is 1.20. The quantitative estimate of drug-likeness (QED) is 0.668. The Morgan fingerprint density at radius 1 is 0.929 bits per heavy atom. The summed E-state index contributed by atoms with van der Waals surface area (Å²) in [5.41, 5.74) is 0. The molecule has 0 atom stereocenters. The normalized spacial score (nSPS) is 6.36. The highest BCUT2D eigenvalue weighted by Crippen LogP contribution is 1.86. The van der Waals surface area contributed by atoms with Gasteiger partial charge in [-0.15, -0.1) is 0 Å². The van der Waals surface area contributed by atoms with E-state index >= 15 is 0 Å². The summed E-state index contributed by atoms with van der Waals surface area (Å²) in [6.07, 6.45) is 0.615. The van der Waals surface area contributed by atoms with Gasteiger partial charge in [-0.25, -0.2) is 0 Å². The Labute approximate surface area is 91.7 Å². The first-order chi connectivity index (χ1) is 6.72. The highest BCUT2D eigenvalue weighted by atomic mass is 16.2. The van der Waals surface area contributed by atoms with Gasteiger partial charge >= 0.3 is 0 Å². The number of hydrogen-bond donors (Lipinski definition) is 0. The summed E-state index contributed by atoms with van der Waals surface area (Å²) in [5, 5.41) is 0. The lowest BCUT2D eigenvalue weighted by atomic mass is 10.4. The SMILES string of the molecule is CC.CC.CC.CCC(=O)N(C)CC. The zero-order chi connectivity index (χ0) is 12.6. The summed E-state index contributed by atoms with van der Waals surface area (Å²) in [7, 11) is 1.81. The van der Waals surface area contributed by atoms with Crippen LogP contribution in [0, 0.1) is 0 Å². The fraction of sp³-hybridized carbons (Fsp3) is 0.917. The van der Waals surface area contributed by atoms with Crippen molar-refractivity contribution < 1.29 is 4.79 Å². The van der Waals surface area contributed by atoms with Gasteiger partial charge in [0.15, 0.2) is 0 Å². The first-order valence-electron chi connectivity index (χ1n) is 5.96. The minimum absolute atomic E-state index is 0.215. The van der Waals surface area contributed by atoms with Gasteiger partial charge in [0.1, 0.15) is 0 Å². The summed E-state index contributed by atoms with van der Waals surface area (Å²) < 4.78 is 0. The predicted molar refractivity (Wildman–Crippen MR) is 67.6 cm³/mol. The smallest absolute Gasteiger partial charge is 0.222 e. The highest BCUT2D eigenvalue weighted by Gasteiger charge is 1.99. The molecule has 0 saturated carbocycles. The average Bonchev–Trinajstić information content (AvgIpc) is 2.34. The monoisotopic (exact) mass is 205 g/mol. The van der Waals surface area contributed by atoms with E-state index in [4.69, 9.17) is 0 Å². The van der Waals surface area contributed by atoms with Crippen molar-refractivity contribution in [2.45, 2.75) is 61.8 Å². The predicted octanol–water partition coefficient (Wildman–Crippen LogP) is 3.95. The second kappa shape index (κ2) is 29.4. The van der Waals surface area contributed by atoms with Crippen molar-refractivity contribution in [3.8, 4) is 0 Å². The van der Waals surface area contributed by atoms with E-state index in [1.54, 1.807) is 4.90 Å². The number of rotatable bonds is 2. The van der Waals surface area contributed by atoms with Gasteiger partial charge in [-0.05, 0) is 6.92 Å². The van der Waals surface area contributed by atoms with E-state index in [1.165, 1.54) is 0 Å². The lowest BCUT2D eigenvalue weighted by molar-refractivity contribution is -0.129. The van der Waals surface area contributed by atoms with E-state index in [0.29, 0.717) is 6.42 Å². The molecule has 0 bridgehead atoms. The standard InChI is InChI=1S/C6H13NO.3C2H6/c1-4-6(8)7(3)5-2;3*1-2/h4-5H2,1-3H3;3*1-2H3. The highest BCUT2D eigenvalue weighted by molar-refractivity contribution is 5.75.